The lowest BCUT2D eigenvalue weighted by Crippen LogP contribution is -2.49. The third-order valence-corrected chi connectivity index (χ3v) is 3.61. The van der Waals surface area contributed by atoms with Gasteiger partial charge in [0.1, 0.15) is 0 Å². The summed E-state index contributed by atoms with van der Waals surface area (Å²) in [5.74, 6) is 0. The first kappa shape index (κ1) is 13.8. The van der Waals surface area contributed by atoms with Gasteiger partial charge >= 0.3 is 0 Å². The molecule has 1 saturated heterocycles. The van der Waals surface area contributed by atoms with Gasteiger partial charge in [-0.3, -0.25) is 9.80 Å². The van der Waals surface area contributed by atoms with Crippen LogP contribution >= 0.6 is 0 Å². The predicted molar refractivity (Wildman–Crippen MR) is 78.6 cm³/mol. The highest BCUT2D eigenvalue weighted by atomic mass is 15.3. The van der Waals surface area contributed by atoms with Crippen LogP contribution in [0.3, 0.4) is 0 Å². The molecule has 1 aromatic carbocycles. The molecule has 1 aliphatic rings. The van der Waals surface area contributed by atoms with Crippen molar-refractivity contribution in [2.24, 2.45) is 0 Å². The monoisotopic (exact) mass is 255 g/mol. The minimum absolute atomic E-state index is 0.0435. The summed E-state index contributed by atoms with van der Waals surface area (Å²) in [7, 11) is 0. The van der Waals surface area contributed by atoms with E-state index in [-0.39, 0.29) is 6.04 Å². The van der Waals surface area contributed by atoms with Gasteiger partial charge in [0.25, 0.3) is 0 Å². The first-order valence-corrected chi connectivity index (χ1v) is 6.87. The van der Waals surface area contributed by atoms with E-state index in [0.717, 1.165) is 32.7 Å². The van der Waals surface area contributed by atoms with Crippen LogP contribution in [0.1, 0.15) is 12.5 Å². The Morgan fingerprint density at radius 1 is 1.21 bits per heavy atom. The fraction of sp³-hybridized carbons (Fsp3) is 0.438. The number of rotatable bonds is 4. The van der Waals surface area contributed by atoms with Crippen molar-refractivity contribution in [3.8, 4) is 6.07 Å². The molecule has 1 fully saturated rings. The zero-order valence-electron chi connectivity index (χ0n) is 11.5. The van der Waals surface area contributed by atoms with Gasteiger partial charge in [-0.25, -0.2) is 0 Å². The molecule has 1 heterocycles. The number of nitriles is 1. The van der Waals surface area contributed by atoms with Gasteiger partial charge in [-0.15, -0.1) is 0 Å². The van der Waals surface area contributed by atoms with Gasteiger partial charge in [0.15, 0.2) is 0 Å². The highest BCUT2D eigenvalue weighted by Crippen LogP contribution is 2.06. The molecular formula is C16H21N3. The van der Waals surface area contributed by atoms with Crippen LogP contribution in [0.15, 0.2) is 36.4 Å². The van der Waals surface area contributed by atoms with Crippen molar-refractivity contribution in [2.75, 3.05) is 32.7 Å². The summed E-state index contributed by atoms with van der Waals surface area (Å²) in [5, 5.41) is 8.90. The van der Waals surface area contributed by atoms with Crippen LogP contribution < -0.4 is 0 Å². The number of hydrogen-bond donors (Lipinski definition) is 0. The first-order chi connectivity index (χ1) is 9.29. The van der Waals surface area contributed by atoms with Crippen LogP contribution in [0.4, 0.5) is 0 Å². The Morgan fingerprint density at radius 3 is 2.53 bits per heavy atom. The summed E-state index contributed by atoms with van der Waals surface area (Å²) in [6.07, 6.45) is 4.39. The SMILES string of the molecule is CC(C#N)N1CCN(CC=Cc2ccccc2)CC1. The molecule has 0 aliphatic carbocycles. The Balaban J connectivity index is 1.75. The molecule has 3 heteroatoms. The Morgan fingerprint density at radius 2 is 1.89 bits per heavy atom. The zero-order valence-corrected chi connectivity index (χ0v) is 11.5. The first-order valence-electron chi connectivity index (χ1n) is 6.87. The van der Waals surface area contributed by atoms with Crippen LogP contribution in [-0.4, -0.2) is 48.6 Å². The Kier molecular flexibility index (Phi) is 5.14. The van der Waals surface area contributed by atoms with Crippen LogP contribution in [0, 0.1) is 11.3 Å². The van der Waals surface area contributed by atoms with Crippen molar-refractivity contribution in [3.05, 3.63) is 42.0 Å². The molecule has 100 valence electrons. The Labute approximate surface area is 115 Å². The standard InChI is InChI=1S/C16H21N3/c1-15(14-17)19-12-10-18(11-13-19)9-5-8-16-6-3-2-4-7-16/h2-8,15H,9-13H2,1H3. The lowest BCUT2D eigenvalue weighted by Gasteiger charge is -2.35. The van der Waals surface area contributed by atoms with Crippen molar-refractivity contribution < 1.29 is 0 Å². The van der Waals surface area contributed by atoms with E-state index in [0.29, 0.717) is 0 Å². The highest BCUT2D eigenvalue weighted by molar-refractivity contribution is 5.48. The molecular weight excluding hydrogens is 234 g/mol. The van der Waals surface area contributed by atoms with E-state index in [1.165, 1.54) is 5.56 Å². The number of hydrogen-bond acceptors (Lipinski definition) is 3. The molecule has 0 amide bonds. The average molecular weight is 255 g/mol. The zero-order chi connectivity index (χ0) is 13.5. The van der Waals surface area contributed by atoms with E-state index in [1.807, 2.05) is 13.0 Å². The van der Waals surface area contributed by atoms with E-state index in [9.17, 15) is 0 Å². The van der Waals surface area contributed by atoms with Crippen molar-refractivity contribution in [3.63, 3.8) is 0 Å². The number of piperazine rings is 1. The van der Waals surface area contributed by atoms with E-state index in [2.05, 4.69) is 52.3 Å². The normalized spacial score (nSPS) is 19.4. The summed E-state index contributed by atoms with van der Waals surface area (Å²) >= 11 is 0. The minimum atomic E-state index is 0.0435. The molecule has 0 bridgehead atoms. The van der Waals surface area contributed by atoms with Gasteiger partial charge in [0.05, 0.1) is 12.1 Å². The topological polar surface area (TPSA) is 30.3 Å². The minimum Gasteiger partial charge on any atom is -0.297 e. The largest absolute Gasteiger partial charge is 0.297 e. The molecule has 3 nitrogen and oxygen atoms in total. The van der Waals surface area contributed by atoms with E-state index >= 15 is 0 Å². The lowest BCUT2D eigenvalue weighted by molar-refractivity contribution is 0.128. The summed E-state index contributed by atoms with van der Waals surface area (Å²) in [5.41, 5.74) is 1.25. The maximum Gasteiger partial charge on any atom is 0.0950 e. The van der Waals surface area contributed by atoms with E-state index < -0.39 is 0 Å². The van der Waals surface area contributed by atoms with Gasteiger partial charge < -0.3 is 0 Å². The fourth-order valence-electron chi connectivity index (χ4n) is 2.32. The molecule has 0 aromatic heterocycles. The quantitative estimate of drug-likeness (QED) is 0.826. The van der Waals surface area contributed by atoms with Crippen LogP contribution in [0.5, 0.6) is 0 Å². The smallest absolute Gasteiger partial charge is 0.0950 e. The van der Waals surface area contributed by atoms with Crippen LogP contribution in [0.25, 0.3) is 6.08 Å². The summed E-state index contributed by atoms with van der Waals surface area (Å²) in [6, 6.07) is 12.7. The van der Waals surface area contributed by atoms with Crippen molar-refractivity contribution in [2.45, 2.75) is 13.0 Å². The van der Waals surface area contributed by atoms with Crippen LogP contribution in [0.2, 0.25) is 0 Å². The maximum atomic E-state index is 8.90. The van der Waals surface area contributed by atoms with Crippen LogP contribution in [-0.2, 0) is 0 Å². The van der Waals surface area contributed by atoms with Gasteiger partial charge in [0, 0.05) is 32.7 Å². The second kappa shape index (κ2) is 7.08. The summed E-state index contributed by atoms with van der Waals surface area (Å²) in [6.45, 7) is 7.05. The Bertz CT molecular complexity index is 439. The number of nitrogens with zero attached hydrogens (tertiary/aromatic N) is 3. The molecule has 1 aromatic rings. The molecule has 2 rings (SSSR count). The lowest BCUT2D eigenvalue weighted by atomic mass is 10.2. The van der Waals surface area contributed by atoms with Crippen molar-refractivity contribution in [1.82, 2.24) is 9.80 Å². The Hall–Kier alpha value is -1.63. The predicted octanol–water partition coefficient (Wildman–Crippen LogP) is 2.23. The fourth-order valence-corrected chi connectivity index (χ4v) is 2.32. The second-order valence-corrected chi connectivity index (χ2v) is 4.95. The molecule has 19 heavy (non-hydrogen) atoms. The molecule has 0 radical (unpaired) electrons. The van der Waals surface area contributed by atoms with Gasteiger partial charge in [-0.05, 0) is 12.5 Å². The molecule has 0 spiro atoms. The summed E-state index contributed by atoms with van der Waals surface area (Å²) < 4.78 is 0. The van der Waals surface area contributed by atoms with E-state index in [1.54, 1.807) is 0 Å². The highest BCUT2D eigenvalue weighted by Gasteiger charge is 2.19. The molecule has 0 saturated carbocycles. The number of benzene rings is 1. The molecule has 1 aliphatic heterocycles. The third-order valence-electron chi connectivity index (χ3n) is 3.61. The van der Waals surface area contributed by atoms with Crippen molar-refractivity contribution in [1.29, 1.82) is 5.26 Å². The maximum absolute atomic E-state index is 8.90. The molecule has 1 unspecified atom stereocenters. The molecule has 0 N–H and O–H groups in total. The molecule has 1 atom stereocenters. The third kappa shape index (κ3) is 4.20. The van der Waals surface area contributed by atoms with Gasteiger partial charge in [-0.1, -0.05) is 42.5 Å². The second-order valence-electron chi connectivity index (χ2n) is 4.95. The van der Waals surface area contributed by atoms with Gasteiger partial charge in [0.2, 0.25) is 0 Å². The summed E-state index contributed by atoms with van der Waals surface area (Å²) in [4.78, 5) is 4.68. The van der Waals surface area contributed by atoms with E-state index in [4.69, 9.17) is 5.26 Å². The van der Waals surface area contributed by atoms with Gasteiger partial charge in [-0.2, -0.15) is 5.26 Å². The van der Waals surface area contributed by atoms with Crippen molar-refractivity contribution >= 4 is 6.08 Å². The average Bonchev–Trinajstić information content (AvgIpc) is 2.48.